The van der Waals surface area contributed by atoms with E-state index in [1.54, 1.807) is 13.0 Å². The summed E-state index contributed by atoms with van der Waals surface area (Å²) in [6, 6.07) is 10.5. The summed E-state index contributed by atoms with van der Waals surface area (Å²) >= 11 is 3.38. The molecule has 0 spiro atoms. The number of hydrogen-bond acceptors (Lipinski definition) is 3. The third kappa shape index (κ3) is 2.80. The number of nitrogen functional groups attached to an aromatic ring is 1. The van der Waals surface area contributed by atoms with Crippen LogP contribution in [-0.2, 0) is 10.0 Å². The van der Waals surface area contributed by atoms with E-state index in [0.717, 1.165) is 10.0 Å². The molecule has 0 aliphatic rings. The summed E-state index contributed by atoms with van der Waals surface area (Å²) in [5.41, 5.74) is 8.57. The van der Waals surface area contributed by atoms with Crippen molar-refractivity contribution in [2.75, 3.05) is 5.73 Å². The molecule has 0 heterocycles. The molecule has 0 atom stereocenters. The summed E-state index contributed by atoms with van der Waals surface area (Å²) in [5.74, 6) is 0. The zero-order valence-corrected chi connectivity index (χ0v) is 12.6. The molecule has 100 valence electrons. The van der Waals surface area contributed by atoms with Crippen LogP contribution in [0.2, 0.25) is 0 Å². The number of halogens is 1. The lowest BCUT2D eigenvalue weighted by molar-refractivity contribution is 0.597. The van der Waals surface area contributed by atoms with E-state index >= 15 is 0 Å². The first-order chi connectivity index (χ1) is 8.80. The fraction of sp³-hybridized carbons (Fsp3) is 0.0769. The normalized spacial score (nSPS) is 11.5. The van der Waals surface area contributed by atoms with Gasteiger partial charge in [0.1, 0.15) is 0 Å². The highest BCUT2D eigenvalue weighted by molar-refractivity contribution is 9.10. The molecule has 4 N–H and O–H groups in total. The first-order valence-electron chi connectivity index (χ1n) is 5.48. The highest BCUT2D eigenvalue weighted by Gasteiger charge is 2.17. The van der Waals surface area contributed by atoms with E-state index in [-0.39, 0.29) is 4.90 Å². The van der Waals surface area contributed by atoms with E-state index < -0.39 is 10.0 Å². The zero-order chi connectivity index (χ0) is 14.2. The van der Waals surface area contributed by atoms with Crippen molar-refractivity contribution in [2.45, 2.75) is 11.8 Å². The highest BCUT2D eigenvalue weighted by Crippen LogP contribution is 2.34. The lowest BCUT2D eigenvalue weighted by atomic mass is 9.99. The minimum absolute atomic E-state index is 0.0941. The van der Waals surface area contributed by atoms with Crippen molar-refractivity contribution >= 4 is 31.6 Å². The fourth-order valence-electron chi connectivity index (χ4n) is 2.05. The van der Waals surface area contributed by atoms with Crippen LogP contribution in [0, 0.1) is 6.92 Å². The molecular weight excluding hydrogens is 328 g/mol. The Morgan fingerprint density at radius 1 is 1.16 bits per heavy atom. The summed E-state index contributed by atoms with van der Waals surface area (Å²) in [4.78, 5) is 0.0941. The molecule has 0 unspecified atom stereocenters. The Kier molecular flexibility index (Phi) is 3.66. The molecule has 2 rings (SSSR count). The third-order valence-electron chi connectivity index (χ3n) is 2.87. The van der Waals surface area contributed by atoms with Gasteiger partial charge in [0.05, 0.1) is 4.90 Å². The van der Waals surface area contributed by atoms with Gasteiger partial charge in [0.15, 0.2) is 0 Å². The van der Waals surface area contributed by atoms with Crippen molar-refractivity contribution in [3.8, 4) is 11.1 Å². The van der Waals surface area contributed by atoms with Crippen LogP contribution in [-0.4, -0.2) is 8.42 Å². The van der Waals surface area contributed by atoms with Crippen LogP contribution in [0.1, 0.15) is 5.56 Å². The van der Waals surface area contributed by atoms with Crippen LogP contribution in [0.5, 0.6) is 0 Å². The van der Waals surface area contributed by atoms with Gasteiger partial charge in [0, 0.05) is 15.7 Å². The Labute approximate surface area is 120 Å². The number of anilines is 1. The Morgan fingerprint density at radius 3 is 2.42 bits per heavy atom. The smallest absolute Gasteiger partial charge is 0.238 e. The van der Waals surface area contributed by atoms with Crippen molar-refractivity contribution in [3.63, 3.8) is 0 Å². The Hall–Kier alpha value is -1.37. The van der Waals surface area contributed by atoms with Crippen LogP contribution in [0.25, 0.3) is 11.1 Å². The van der Waals surface area contributed by atoms with Crippen molar-refractivity contribution < 1.29 is 8.42 Å². The third-order valence-corrected chi connectivity index (χ3v) is 4.42. The van der Waals surface area contributed by atoms with Crippen molar-refractivity contribution in [3.05, 3.63) is 46.4 Å². The Bertz CT molecular complexity index is 742. The number of primary sulfonamides is 1. The number of benzene rings is 2. The molecule has 2 aromatic rings. The molecule has 0 fully saturated rings. The molecule has 19 heavy (non-hydrogen) atoms. The Balaban J connectivity index is 2.77. The molecule has 0 aliphatic carbocycles. The van der Waals surface area contributed by atoms with Gasteiger partial charge >= 0.3 is 0 Å². The summed E-state index contributed by atoms with van der Waals surface area (Å²) in [5, 5.41) is 5.21. The van der Waals surface area contributed by atoms with E-state index in [9.17, 15) is 8.42 Å². The van der Waals surface area contributed by atoms with Gasteiger partial charge in [0.2, 0.25) is 10.0 Å². The molecule has 2 aromatic carbocycles. The van der Waals surface area contributed by atoms with Gasteiger partial charge in [-0.25, -0.2) is 13.6 Å². The predicted octanol–water partition coefficient (Wildman–Crippen LogP) is 2.65. The largest absolute Gasteiger partial charge is 0.398 e. The minimum atomic E-state index is -3.76. The standard InChI is InChI=1S/C13H13BrN2O2S/c1-8-12(19(16,17)18)6-5-11(15)13(8)9-3-2-4-10(14)7-9/h2-7H,15H2,1H3,(H2,16,17,18). The molecular formula is C13H13BrN2O2S. The van der Waals surface area contributed by atoms with Gasteiger partial charge in [-0.05, 0) is 42.3 Å². The van der Waals surface area contributed by atoms with Crippen LogP contribution < -0.4 is 10.9 Å². The Morgan fingerprint density at radius 2 is 1.84 bits per heavy atom. The monoisotopic (exact) mass is 340 g/mol. The van der Waals surface area contributed by atoms with Crippen molar-refractivity contribution in [1.29, 1.82) is 0 Å². The molecule has 6 heteroatoms. The SMILES string of the molecule is Cc1c(S(N)(=O)=O)ccc(N)c1-c1cccc(Br)c1. The lowest BCUT2D eigenvalue weighted by Crippen LogP contribution is -2.14. The maximum Gasteiger partial charge on any atom is 0.238 e. The predicted molar refractivity (Wildman–Crippen MR) is 80.1 cm³/mol. The first kappa shape index (κ1) is 14.0. The second-order valence-electron chi connectivity index (χ2n) is 4.21. The average molecular weight is 341 g/mol. The van der Waals surface area contributed by atoms with Gasteiger partial charge < -0.3 is 5.73 Å². The van der Waals surface area contributed by atoms with E-state index in [2.05, 4.69) is 15.9 Å². The van der Waals surface area contributed by atoms with Crippen LogP contribution in [0.15, 0.2) is 45.8 Å². The van der Waals surface area contributed by atoms with Gasteiger partial charge in [-0.15, -0.1) is 0 Å². The second kappa shape index (κ2) is 4.96. The van der Waals surface area contributed by atoms with E-state index in [1.165, 1.54) is 6.07 Å². The van der Waals surface area contributed by atoms with Crippen molar-refractivity contribution in [2.24, 2.45) is 5.14 Å². The first-order valence-corrected chi connectivity index (χ1v) is 7.82. The average Bonchev–Trinajstić information content (AvgIpc) is 2.27. The zero-order valence-electron chi connectivity index (χ0n) is 10.2. The lowest BCUT2D eigenvalue weighted by Gasteiger charge is -2.13. The maximum absolute atomic E-state index is 11.5. The van der Waals surface area contributed by atoms with Gasteiger partial charge in [0.25, 0.3) is 0 Å². The molecule has 0 radical (unpaired) electrons. The van der Waals surface area contributed by atoms with Crippen molar-refractivity contribution in [1.82, 2.24) is 0 Å². The minimum Gasteiger partial charge on any atom is -0.398 e. The van der Waals surface area contributed by atoms with Crippen LogP contribution in [0.3, 0.4) is 0 Å². The quantitative estimate of drug-likeness (QED) is 0.824. The summed E-state index contributed by atoms with van der Waals surface area (Å²) in [6.07, 6.45) is 0. The fourth-order valence-corrected chi connectivity index (χ4v) is 3.23. The van der Waals surface area contributed by atoms with Gasteiger partial charge in [-0.3, -0.25) is 0 Å². The highest BCUT2D eigenvalue weighted by atomic mass is 79.9. The number of sulfonamides is 1. The number of rotatable bonds is 2. The van der Waals surface area contributed by atoms with E-state index in [0.29, 0.717) is 16.8 Å². The number of nitrogens with two attached hydrogens (primary N) is 2. The molecule has 0 amide bonds. The molecule has 4 nitrogen and oxygen atoms in total. The van der Waals surface area contributed by atoms with Gasteiger partial charge in [-0.2, -0.15) is 0 Å². The molecule has 0 aromatic heterocycles. The molecule has 0 bridgehead atoms. The van der Waals surface area contributed by atoms with Gasteiger partial charge in [-0.1, -0.05) is 28.1 Å². The number of hydrogen-bond donors (Lipinski definition) is 2. The molecule has 0 aliphatic heterocycles. The van der Waals surface area contributed by atoms with Crippen LogP contribution in [0.4, 0.5) is 5.69 Å². The summed E-state index contributed by atoms with van der Waals surface area (Å²) < 4.78 is 24.0. The maximum atomic E-state index is 11.5. The molecule has 0 saturated heterocycles. The second-order valence-corrected chi connectivity index (χ2v) is 6.65. The summed E-state index contributed by atoms with van der Waals surface area (Å²) in [7, 11) is -3.76. The topological polar surface area (TPSA) is 86.2 Å². The molecule has 0 saturated carbocycles. The van der Waals surface area contributed by atoms with E-state index in [1.807, 2.05) is 24.3 Å². The van der Waals surface area contributed by atoms with E-state index in [4.69, 9.17) is 10.9 Å². The summed E-state index contributed by atoms with van der Waals surface area (Å²) in [6.45, 7) is 1.70. The van der Waals surface area contributed by atoms with Crippen LogP contribution >= 0.6 is 15.9 Å².